The molecule has 3 fully saturated rings. The molecule has 0 amide bonds. The number of imidazole rings is 1. The largest absolute Gasteiger partial charge is 0.439 e. The van der Waals surface area contributed by atoms with Crippen molar-refractivity contribution in [3.05, 3.63) is 59.1 Å². The van der Waals surface area contributed by atoms with Gasteiger partial charge in [-0.05, 0) is 87.7 Å². The van der Waals surface area contributed by atoms with E-state index in [1.807, 2.05) is 18.5 Å². The molecule has 3 aliphatic carbocycles. The van der Waals surface area contributed by atoms with E-state index in [-0.39, 0.29) is 17.3 Å². The van der Waals surface area contributed by atoms with Crippen LogP contribution in [-0.2, 0) is 12.0 Å². The summed E-state index contributed by atoms with van der Waals surface area (Å²) in [5.74, 6) is 3.40. The molecule has 10 nitrogen and oxygen atoms in total. The quantitative estimate of drug-likeness (QED) is 0.276. The molecule has 3 aliphatic rings. The highest BCUT2D eigenvalue weighted by atomic mass is 16.5. The molecule has 4 aromatic rings. The average Bonchev–Trinajstić information content (AvgIpc) is 3.50. The van der Waals surface area contributed by atoms with Crippen molar-refractivity contribution in [2.45, 2.75) is 82.7 Å². The van der Waals surface area contributed by atoms with Crippen molar-refractivity contribution in [2.75, 3.05) is 5.32 Å². The lowest BCUT2D eigenvalue weighted by Crippen LogP contribution is -2.31. The Labute approximate surface area is 232 Å². The molecule has 0 aromatic carbocycles. The summed E-state index contributed by atoms with van der Waals surface area (Å²) in [6, 6.07) is 4.41. The van der Waals surface area contributed by atoms with E-state index in [0.717, 1.165) is 49.4 Å². The lowest BCUT2D eigenvalue weighted by atomic mass is 9.80. The monoisotopic (exact) mass is 540 g/mol. The third-order valence-corrected chi connectivity index (χ3v) is 9.53. The summed E-state index contributed by atoms with van der Waals surface area (Å²) in [6.45, 7) is 7.13. The summed E-state index contributed by atoms with van der Waals surface area (Å²) in [6.07, 6.45) is 16.3. The fourth-order valence-electron chi connectivity index (χ4n) is 6.66. The molecule has 0 radical (unpaired) electrons. The van der Waals surface area contributed by atoms with Gasteiger partial charge in [0.05, 0.1) is 5.41 Å². The van der Waals surface area contributed by atoms with Crippen LogP contribution in [-0.4, -0.2) is 40.7 Å². The number of pyridine rings is 1. The van der Waals surface area contributed by atoms with Crippen molar-refractivity contribution in [1.82, 2.24) is 34.6 Å². The van der Waals surface area contributed by atoms with Gasteiger partial charge in [0, 0.05) is 25.0 Å². The summed E-state index contributed by atoms with van der Waals surface area (Å²) in [4.78, 5) is 33.8. The minimum atomic E-state index is -0.633. The molecule has 3 saturated carbocycles. The van der Waals surface area contributed by atoms with Gasteiger partial charge in [-0.15, -0.1) is 6.58 Å². The lowest BCUT2D eigenvalue weighted by Gasteiger charge is -2.32. The number of hydrogen-bond acceptors (Lipinski definition) is 8. The van der Waals surface area contributed by atoms with Crippen LogP contribution in [0.2, 0.25) is 0 Å². The topological polar surface area (TPSA) is 127 Å². The number of hydrogen-bond donors (Lipinski definition) is 2. The Morgan fingerprint density at radius 1 is 1.20 bits per heavy atom. The maximum atomic E-state index is 11.8. The minimum Gasteiger partial charge on any atom is -0.365 e. The Hall–Kier alpha value is -3.82. The number of fused-ring (bicyclic) bond motifs is 1. The van der Waals surface area contributed by atoms with Crippen LogP contribution in [0.3, 0.4) is 0 Å². The zero-order valence-electron chi connectivity index (χ0n) is 23.0. The van der Waals surface area contributed by atoms with Gasteiger partial charge in [-0.2, -0.15) is 0 Å². The second-order valence-corrected chi connectivity index (χ2v) is 12.0. The van der Waals surface area contributed by atoms with Crippen LogP contribution in [0.1, 0.15) is 76.1 Å². The summed E-state index contributed by atoms with van der Waals surface area (Å²) in [7, 11) is 0. The van der Waals surface area contributed by atoms with Crippen molar-refractivity contribution < 1.29 is 4.52 Å². The van der Waals surface area contributed by atoms with E-state index in [1.54, 1.807) is 0 Å². The van der Waals surface area contributed by atoms with Gasteiger partial charge in [0.2, 0.25) is 11.6 Å². The second kappa shape index (κ2) is 9.98. The van der Waals surface area contributed by atoms with Crippen molar-refractivity contribution in [1.29, 1.82) is 0 Å². The normalized spacial score (nSPS) is 23.0. The predicted molar refractivity (Wildman–Crippen MR) is 152 cm³/mol. The van der Waals surface area contributed by atoms with E-state index in [9.17, 15) is 4.79 Å². The minimum absolute atomic E-state index is 0.188. The third kappa shape index (κ3) is 4.43. The number of aromatic nitrogens is 7. The number of nitrogens with one attached hydrogen (secondary N) is 2. The van der Waals surface area contributed by atoms with Gasteiger partial charge in [0.15, 0.2) is 11.5 Å². The average molecular weight is 541 g/mol. The van der Waals surface area contributed by atoms with Gasteiger partial charge in [-0.1, -0.05) is 23.7 Å². The van der Waals surface area contributed by atoms with E-state index in [1.165, 1.54) is 37.7 Å². The van der Waals surface area contributed by atoms with Crippen LogP contribution in [0, 0.1) is 17.8 Å². The highest BCUT2D eigenvalue weighted by Gasteiger charge is 2.50. The molecule has 208 valence electrons. The predicted octanol–water partition coefficient (Wildman–Crippen LogP) is 5.24. The maximum Gasteiger partial charge on any atom is 0.439 e. The van der Waals surface area contributed by atoms with Gasteiger partial charge in [-0.25, -0.2) is 19.7 Å². The Bertz CT molecular complexity index is 1570. The number of H-pyrrole nitrogens is 1. The molecule has 2 N–H and O–H groups in total. The summed E-state index contributed by atoms with van der Waals surface area (Å²) in [5, 5.41) is 7.61. The van der Waals surface area contributed by atoms with E-state index in [0.29, 0.717) is 29.2 Å². The highest BCUT2D eigenvalue weighted by Crippen LogP contribution is 2.54. The van der Waals surface area contributed by atoms with E-state index in [4.69, 9.17) is 19.5 Å². The van der Waals surface area contributed by atoms with Gasteiger partial charge in [-0.3, -0.25) is 14.5 Å². The number of allylic oxidation sites excluding steroid dienone is 1. The lowest BCUT2D eigenvalue weighted by molar-refractivity contribution is 0.280. The zero-order valence-corrected chi connectivity index (χ0v) is 23.0. The van der Waals surface area contributed by atoms with Crippen molar-refractivity contribution in [3.8, 4) is 11.6 Å². The smallest absolute Gasteiger partial charge is 0.365 e. The Kier molecular flexibility index (Phi) is 6.28. The Balaban J connectivity index is 1.38. The maximum absolute atomic E-state index is 11.8. The van der Waals surface area contributed by atoms with Crippen LogP contribution in [0.4, 0.5) is 5.82 Å². The molecule has 7 rings (SSSR count). The van der Waals surface area contributed by atoms with Crippen molar-refractivity contribution >= 4 is 17.0 Å². The summed E-state index contributed by atoms with van der Waals surface area (Å²) < 4.78 is 7.19. The molecule has 0 spiro atoms. The molecule has 1 unspecified atom stereocenters. The number of rotatable bonds is 9. The van der Waals surface area contributed by atoms with Gasteiger partial charge in [0.1, 0.15) is 11.3 Å². The van der Waals surface area contributed by atoms with Gasteiger partial charge in [0.25, 0.3) is 0 Å². The molecule has 0 bridgehead atoms. The molecular weight excluding hydrogens is 504 g/mol. The first-order valence-electron chi connectivity index (χ1n) is 14.7. The Morgan fingerprint density at radius 3 is 2.65 bits per heavy atom. The van der Waals surface area contributed by atoms with E-state index >= 15 is 0 Å². The first-order valence-corrected chi connectivity index (χ1v) is 14.7. The van der Waals surface area contributed by atoms with Crippen LogP contribution >= 0.6 is 0 Å². The molecule has 0 aliphatic heterocycles. The van der Waals surface area contributed by atoms with E-state index in [2.05, 4.69) is 50.7 Å². The molecule has 40 heavy (non-hydrogen) atoms. The van der Waals surface area contributed by atoms with Gasteiger partial charge >= 0.3 is 5.76 Å². The Morgan fingerprint density at radius 2 is 2.02 bits per heavy atom. The molecular formula is C30H36N8O2. The van der Waals surface area contributed by atoms with Gasteiger partial charge < -0.3 is 9.88 Å². The molecule has 1 atom stereocenters. The number of anilines is 1. The molecule has 4 heterocycles. The summed E-state index contributed by atoms with van der Waals surface area (Å²) in [5.41, 5.74) is 2.54. The zero-order chi connectivity index (χ0) is 27.3. The van der Waals surface area contributed by atoms with E-state index < -0.39 is 5.76 Å². The SMILES string of the molecule is C=CC1CCC(Cn2c(C3(c4cccnc4)CC3)nc3nc(-c4noc(=O)[nH]4)nc(NC(C)C4CCC4)c32)CC1. The molecule has 10 heteroatoms. The number of aromatic amines is 1. The second-order valence-electron chi connectivity index (χ2n) is 12.0. The molecule has 4 aromatic heterocycles. The highest BCUT2D eigenvalue weighted by molar-refractivity contribution is 5.86. The fraction of sp³-hybridized carbons (Fsp3) is 0.533. The summed E-state index contributed by atoms with van der Waals surface area (Å²) >= 11 is 0. The first-order chi connectivity index (χ1) is 19.5. The third-order valence-electron chi connectivity index (χ3n) is 9.53. The van der Waals surface area contributed by atoms with Crippen LogP contribution in [0.15, 0.2) is 46.5 Å². The van der Waals surface area contributed by atoms with Crippen molar-refractivity contribution in [2.24, 2.45) is 17.8 Å². The molecule has 0 saturated heterocycles. The van der Waals surface area contributed by atoms with Crippen molar-refractivity contribution in [3.63, 3.8) is 0 Å². The standard InChI is InChI=1S/C30H36N8O2/c1-3-19-9-11-20(12-10-19)17-38-23-24(32-18(2)21-6-4-7-21)33-26(27-36-29(39)40-37-27)34-25(23)35-28(38)30(13-14-30)22-8-5-15-31-16-22/h3,5,8,15-16,18-21H,1,4,6-7,9-14,17H2,2H3,(H,32,33,34)(H,36,37,39). The number of nitrogens with zero attached hydrogens (tertiary/aromatic N) is 6. The van der Waals surface area contributed by atoms with Crippen LogP contribution in [0.25, 0.3) is 22.8 Å². The fourth-order valence-corrected chi connectivity index (χ4v) is 6.66. The van der Waals surface area contributed by atoms with Crippen LogP contribution < -0.4 is 11.1 Å². The first kappa shape index (κ1) is 25.2. The van der Waals surface area contributed by atoms with Crippen LogP contribution in [0.5, 0.6) is 0 Å².